The zero-order valence-electron chi connectivity index (χ0n) is 9.31. The molecule has 92 valence electrons. The lowest BCUT2D eigenvalue weighted by Crippen LogP contribution is -2.37. The van der Waals surface area contributed by atoms with Gasteiger partial charge in [-0.2, -0.15) is 0 Å². The maximum absolute atomic E-state index is 11.3. The summed E-state index contributed by atoms with van der Waals surface area (Å²) in [5.41, 5.74) is 0. The van der Waals surface area contributed by atoms with Crippen LogP contribution in [-0.4, -0.2) is 32.3 Å². The van der Waals surface area contributed by atoms with Gasteiger partial charge in [0, 0.05) is 5.02 Å². The van der Waals surface area contributed by atoms with Crippen LogP contribution in [0.3, 0.4) is 0 Å². The minimum atomic E-state index is -1.44. The monoisotopic (exact) mass is 258 g/mol. The highest BCUT2D eigenvalue weighted by Crippen LogP contribution is 2.17. The summed E-state index contributed by atoms with van der Waals surface area (Å²) in [4.78, 5) is 22.6. The topological polar surface area (TPSA) is 61.8 Å². The van der Waals surface area contributed by atoms with Crippen molar-refractivity contribution >= 4 is 23.5 Å². The fourth-order valence-corrected chi connectivity index (χ4v) is 1.18. The molecule has 17 heavy (non-hydrogen) atoms. The van der Waals surface area contributed by atoms with Gasteiger partial charge in [0.1, 0.15) is 5.75 Å². The van der Waals surface area contributed by atoms with Crippen molar-refractivity contribution in [2.75, 3.05) is 14.2 Å². The molecule has 0 aromatic heterocycles. The number of carbonyl (C=O) groups is 2. The molecule has 0 spiro atoms. The van der Waals surface area contributed by atoms with Crippen LogP contribution in [0.4, 0.5) is 0 Å². The Labute approximate surface area is 103 Å². The molecular weight excluding hydrogens is 248 g/mol. The van der Waals surface area contributed by atoms with Crippen molar-refractivity contribution in [2.24, 2.45) is 0 Å². The van der Waals surface area contributed by atoms with Crippen LogP contribution in [0, 0.1) is 0 Å². The molecule has 1 aromatic carbocycles. The summed E-state index contributed by atoms with van der Waals surface area (Å²) >= 11 is 5.69. The average molecular weight is 259 g/mol. The predicted molar refractivity (Wildman–Crippen MR) is 59.9 cm³/mol. The lowest BCUT2D eigenvalue weighted by molar-refractivity contribution is -0.163. The third-order valence-electron chi connectivity index (χ3n) is 1.90. The molecule has 0 heterocycles. The minimum Gasteiger partial charge on any atom is -0.467 e. The Balaban J connectivity index is 2.82. The predicted octanol–water partition coefficient (Wildman–Crippen LogP) is 1.43. The molecular formula is C11H11ClO5. The number of benzene rings is 1. The first kappa shape index (κ1) is 13.3. The Morgan fingerprint density at radius 2 is 1.53 bits per heavy atom. The molecule has 0 saturated carbocycles. The van der Waals surface area contributed by atoms with Crippen LogP contribution in [0.5, 0.6) is 5.75 Å². The SMILES string of the molecule is COC(=O)C(Oc1ccc(Cl)cc1)C(=O)OC. The molecule has 0 aliphatic heterocycles. The third-order valence-corrected chi connectivity index (χ3v) is 2.15. The van der Waals surface area contributed by atoms with Gasteiger partial charge in [0.2, 0.25) is 0 Å². The number of hydrogen-bond acceptors (Lipinski definition) is 5. The van der Waals surface area contributed by atoms with Crippen LogP contribution in [0.15, 0.2) is 24.3 Å². The second-order valence-electron chi connectivity index (χ2n) is 3.00. The Morgan fingerprint density at radius 3 is 1.94 bits per heavy atom. The zero-order chi connectivity index (χ0) is 12.8. The number of rotatable bonds is 4. The molecule has 0 amide bonds. The van der Waals surface area contributed by atoms with Crippen LogP contribution < -0.4 is 4.74 Å². The summed E-state index contributed by atoms with van der Waals surface area (Å²) in [6.45, 7) is 0. The molecule has 1 rings (SSSR count). The summed E-state index contributed by atoms with van der Waals surface area (Å²) < 4.78 is 14.0. The van der Waals surface area contributed by atoms with E-state index in [2.05, 4.69) is 9.47 Å². The smallest absolute Gasteiger partial charge is 0.359 e. The summed E-state index contributed by atoms with van der Waals surface area (Å²) in [5.74, 6) is -1.34. The molecule has 0 atom stereocenters. The Kier molecular flexibility index (Phi) is 4.78. The fourth-order valence-electron chi connectivity index (χ4n) is 1.06. The van der Waals surface area contributed by atoms with E-state index in [4.69, 9.17) is 16.3 Å². The minimum absolute atomic E-state index is 0.315. The molecule has 0 N–H and O–H groups in total. The van der Waals surface area contributed by atoms with E-state index in [-0.39, 0.29) is 0 Å². The van der Waals surface area contributed by atoms with E-state index >= 15 is 0 Å². The van der Waals surface area contributed by atoms with Gasteiger partial charge in [-0.25, -0.2) is 9.59 Å². The molecule has 0 fully saturated rings. The van der Waals surface area contributed by atoms with Crippen LogP contribution in [-0.2, 0) is 19.1 Å². The molecule has 0 aliphatic carbocycles. The largest absolute Gasteiger partial charge is 0.467 e. The van der Waals surface area contributed by atoms with Gasteiger partial charge < -0.3 is 14.2 Å². The molecule has 5 nitrogen and oxygen atoms in total. The van der Waals surface area contributed by atoms with Gasteiger partial charge in [0.25, 0.3) is 6.10 Å². The van der Waals surface area contributed by atoms with Crippen molar-refractivity contribution in [1.82, 2.24) is 0 Å². The third kappa shape index (κ3) is 3.64. The molecule has 1 aromatic rings. The number of ether oxygens (including phenoxy) is 3. The average Bonchev–Trinajstić information content (AvgIpc) is 2.36. The Bertz CT molecular complexity index is 385. The van der Waals surface area contributed by atoms with Gasteiger partial charge >= 0.3 is 11.9 Å². The van der Waals surface area contributed by atoms with Crippen molar-refractivity contribution in [1.29, 1.82) is 0 Å². The summed E-state index contributed by atoms with van der Waals surface area (Å²) in [6, 6.07) is 6.20. The van der Waals surface area contributed by atoms with E-state index in [9.17, 15) is 9.59 Å². The Morgan fingerprint density at radius 1 is 1.06 bits per heavy atom. The summed E-state index contributed by atoms with van der Waals surface area (Å²) in [7, 11) is 2.31. The first-order chi connectivity index (χ1) is 8.08. The number of carbonyl (C=O) groups excluding carboxylic acids is 2. The van der Waals surface area contributed by atoms with Crippen LogP contribution in [0.2, 0.25) is 5.02 Å². The molecule has 0 saturated heterocycles. The van der Waals surface area contributed by atoms with Gasteiger partial charge in [0.05, 0.1) is 14.2 Å². The van der Waals surface area contributed by atoms with E-state index in [1.54, 1.807) is 12.1 Å². The van der Waals surface area contributed by atoms with Gasteiger partial charge in [-0.05, 0) is 24.3 Å². The van der Waals surface area contributed by atoms with Crippen molar-refractivity contribution in [2.45, 2.75) is 6.10 Å². The van der Waals surface area contributed by atoms with Gasteiger partial charge in [-0.1, -0.05) is 11.6 Å². The van der Waals surface area contributed by atoms with Gasteiger partial charge in [0.15, 0.2) is 0 Å². The second-order valence-corrected chi connectivity index (χ2v) is 3.43. The van der Waals surface area contributed by atoms with Gasteiger partial charge in [-0.15, -0.1) is 0 Å². The van der Waals surface area contributed by atoms with Crippen LogP contribution in [0.25, 0.3) is 0 Å². The summed E-state index contributed by atoms with van der Waals surface area (Å²) in [5, 5.41) is 0.519. The zero-order valence-corrected chi connectivity index (χ0v) is 10.1. The first-order valence-corrected chi connectivity index (χ1v) is 5.04. The van der Waals surface area contributed by atoms with Crippen molar-refractivity contribution in [3.8, 4) is 5.75 Å². The first-order valence-electron chi connectivity index (χ1n) is 4.66. The number of hydrogen-bond donors (Lipinski definition) is 0. The van der Waals surface area contributed by atoms with Crippen molar-refractivity contribution < 1.29 is 23.8 Å². The summed E-state index contributed by atoms with van der Waals surface area (Å²) in [6.07, 6.45) is -1.44. The number of esters is 2. The lowest BCUT2D eigenvalue weighted by atomic mass is 10.3. The maximum Gasteiger partial charge on any atom is 0.359 e. The van der Waals surface area contributed by atoms with E-state index < -0.39 is 18.0 Å². The van der Waals surface area contributed by atoms with E-state index in [1.165, 1.54) is 12.1 Å². The van der Waals surface area contributed by atoms with Crippen LogP contribution in [0.1, 0.15) is 0 Å². The van der Waals surface area contributed by atoms with Crippen molar-refractivity contribution in [3.63, 3.8) is 0 Å². The van der Waals surface area contributed by atoms with E-state index in [0.717, 1.165) is 14.2 Å². The highest BCUT2D eigenvalue weighted by molar-refractivity contribution is 6.30. The molecule has 0 radical (unpaired) electrons. The maximum atomic E-state index is 11.3. The molecule has 0 unspecified atom stereocenters. The molecule has 0 aliphatic rings. The highest BCUT2D eigenvalue weighted by Gasteiger charge is 2.30. The highest BCUT2D eigenvalue weighted by atomic mass is 35.5. The van der Waals surface area contributed by atoms with Gasteiger partial charge in [-0.3, -0.25) is 0 Å². The fraction of sp³-hybridized carbons (Fsp3) is 0.273. The number of halogens is 1. The standard InChI is InChI=1S/C11H11ClO5/c1-15-10(13)9(11(14)16-2)17-8-5-3-7(12)4-6-8/h3-6,9H,1-2H3. The lowest BCUT2D eigenvalue weighted by Gasteiger charge is -2.14. The Hall–Kier alpha value is -1.75. The van der Waals surface area contributed by atoms with E-state index in [1.807, 2.05) is 0 Å². The number of methoxy groups -OCH3 is 2. The molecule has 0 bridgehead atoms. The van der Waals surface area contributed by atoms with Crippen molar-refractivity contribution in [3.05, 3.63) is 29.3 Å². The quantitative estimate of drug-likeness (QED) is 0.604. The second kappa shape index (κ2) is 6.10. The molecule has 6 heteroatoms. The normalized spacial score (nSPS) is 9.88. The van der Waals surface area contributed by atoms with Crippen LogP contribution >= 0.6 is 11.6 Å². The van der Waals surface area contributed by atoms with E-state index in [0.29, 0.717) is 10.8 Å².